The van der Waals surface area contributed by atoms with Crippen LogP contribution in [0.4, 0.5) is 5.69 Å². The van der Waals surface area contributed by atoms with Crippen molar-refractivity contribution >= 4 is 21.6 Å². The highest BCUT2D eigenvalue weighted by Crippen LogP contribution is 2.22. The first kappa shape index (κ1) is 19.0. The third-order valence-corrected chi connectivity index (χ3v) is 4.84. The van der Waals surface area contributed by atoms with Gasteiger partial charge in [-0.15, -0.1) is 0 Å². The first-order valence-corrected chi connectivity index (χ1v) is 9.93. The summed E-state index contributed by atoms with van der Waals surface area (Å²) in [5.74, 6) is -0.236. The summed E-state index contributed by atoms with van der Waals surface area (Å²) in [6, 6.07) is 10.9. The molecule has 0 radical (unpaired) electrons. The number of sulfonamides is 1. The molecular formula is C19H24N2O3S. The summed E-state index contributed by atoms with van der Waals surface area (Å²) in [7, 11) is -3.40. The molecule has 0 fully saturated rings. The average Bonchev–Trinajstić information content (AvgIpc) is 2.50. The van der Waals surface area contributed by atoms with E-state index in [1.807, 2.05) is 32.9 Å². The second kappa shape index (κ2) is 7.27. The van der Waals surface area contributed by atoms with Crippen molar-refractivity contribution in [2.24, 2.45) is 0 Å². The summed E-state index contributed by atoms with van der Waals surface area (Å²) in [5.41, 5.74) is 4.86. The number of hydrogen-bond donors (Lipinski definition) is 2. The van der Waals surface area contributed by atoms with Crippen LogP contribution in [0.3, 0.4) is 0 Å². The van der Waals surface area contributed by atoms with Crippen LogP contribution in [0.15, 0.2) is 36.4 Å². The number of rotatable bonds is 5. The lowest BCUT2D eigenvalue weighted by Crippen LogP contribution is -2.27. The van der Waals surface area contributed by atoms with E-state index in [1.54, 1.807) is 25.1 Å². The van der Waals surface area contributed by atoms with Gasteiger partial charge in [0.25, 0.3) is 5.91 Å². The summed E-state index contributed by atoms with van der Waals surface area (Å²) < 4.78 is 25.3. The molecule has 2 aromatic rings. The second-order valence-corrected chi connectivity index (χ2v) is 8.14. The molecule has 6 heteroatoms. The van der Waals surface area contributed by atoms with Gasteiger partial charge in [-0.1, -0.05) is 24.3 Å². The second-order valence-electron chi connectivity index (χ2n) is 6.39. The van der Waals surface area contributed by atoms with Crippen molar-refractivity contribution < 1.29 is 13.2 Å². The molecule has 2 N–H and O–H groups in total. The van der Waals surface area contributed by atoms with E-state index in [1.165, 1.54) is 11.1 Å². The molecule has 25 heavy (non-hydrogen) atoms. The quantitative estimate of drug-likeness (QED) is 0.857. The third-order valence-electron chi connectivity index (χ3n) is 4.25. The Morgan fingerprint density at radius 3 is 2.32 bits per heavy atom. The molecule has 0 spiro atoms. The van der Waals surface area contributed by atoms with E-state index >= 15 is 0 Å². The molecule has 0 heterocycles. The summed E-state index contributed by atoms with van der Waals surface area (Å²) in [6.07, 6.45) is 1.08. The lowest BCUT2D eigenvalue weighted by Gasteiger charge is -2.17. The molecule has 0 bridgehead atoms. The molecule has 0 unspecified atom stereocenters. The Bertz CT molecular complexity index is 905. The van der Waals surface area contributed by atoms with E-state index in [4.69, 9.17) is 0 Å². The molecule has 5 nitrogen and oxygen atoms in total. The molecule has 0 saturated heterocycles. The smallest absolute Gasteiger partial charge is 0.252 e. The van der Waals surface area contributed by atoms with Gasteiger partial charge >= 0.3 is 0 Å². The normalized spacial score (nSPS) is 12.5. The van der Waals surface area contributed by atoms with E-state index in [0.717, 1.165) is 11.8 Å². The van der Waals surface area contributed by atoms with Crippen LogP contribution in [0.25, 0.3) is 0 Å². The van der Waals surface area contributed by atoms with Crippen molar-refractivity contribution in [1.82, 2.24) is 5.32 Å². The Morgan fingerprint density at radius 1 is 1.04 bits per heavy atom. The number of amides is 1. The monoisotopic (exact) mass is 360 g/mol. The zero-order valence-electron chi connectivity index (χ0n) is 15.2. The van der Waals surface area contributed by atoms with Gasteiger partial charge in [0.2, 0.25) is 10.0 Å². The van der Waals surface area contributed by atoms with Gasteiger partial charge in [0, 0.05) is 5.56 Å². The minimum absolute atomic E-state index is 0.155. The molecule has 0 aliphatic heterocycles. The summed E-state index contributed by atoms with van der Waals surface area (Å²) in [4.78, 5) is 12.6. The van der Waals surface area contributed by atoms with Gasteiger partial charge < -0.3 is 5.32 Å². The maximum Gasteiger partial charge on any atom is 0.252 e. The van der Waals surface area contributed by atoms with Gasteiger partial charge in [-0.25, -0.2) is 8.42 Å². The number of aryl methyl sites for hydroxylation is 2. The lowest BCUT2D eigenvalue weighted by atomic mass is 10.0. The fourth-order valence-electron chi connectivity index (χ4n) is 2.58. The molecule has 0 aliphatic rings. The zero-order valence-corrected chi connectivity index (χ0v) is 16.0. The van der Waals surface area contributed by atoms with E-state index in [-0.39, 0.29) is 11.9 Å². The third kappa shape index (κ3) is 4.82. The minimum atomic E-state index is -3.40. The minimum Gasteiger partial charge on any atom is -0.346 e. The van der Waals surface area contributed by atoms with Gasteiger partial charge in [0.15, 0.2) is 0 Å². The summed E-state index contributed by atoms with van der Waals surface area (Å²) >= 11 is 0. The Kier molecular flexibility index (Phi) is 5.52. The Hall–Kier alpha value is -2.34. The van der Waals surface area contributed by atoms with E-state index in [0.29, 0.717) is 16.8 Å². The van der Waals surface area contributed by atoms with Crippen LogP contribution in [0.2, 0.25) is 0 Å². The van der Waals surface area contributed by atoms with Crippen molar-refractivity contribution in [2.45, 2.75) is 33.7 Å². The van der Waals surface area contributed by atoms with Crippen LogP contribution in [0.1, 0.15) is 45.6 Å². The van der Waals surface area contributed by atoms with Crippen molar-refractivity contribution in [3.05, 3.63) is 64.2 Å². The van der Waals surface area contributed by atoms with Gasteiger partial charge in [0.05, 0.1) is 18.0 Å². The Labute approximate surface area is 149 Å². The Balaban J connectivity index is 2.23. The van der Waals surface area contributed by atoms with Crippen LogP contribution in [0.5, 0.6) is 0 Å². The maximum atomic E-state index is 12.6. The summed E-state index contributed by atoms with van der Waals surface area (Å²) in [6.45, 7) is 7.74. The molecular weight excluding hydrogens is 336 g/mol. The van der Waals surface area contributed by atoms with Crippen molar-refractivity contribution in [2.75, 3.05) is 11.0 Å². The first-order valence-electron chi connectivity index (χ1n) is 8.04. The summed E-state index contributed by atoms with van der Waals surface area (Å²) in [5, 5.41) is 2.97. The van der Waals surface area contributed by atoms with Gasteiger partial charge in [-0.2, -0.15) is 0 Å². The van der Waals surface area contributed by atoms with Crippen LogP contribution in [0, 0.1) is 20.8 Å². The predicted molar refractivity (Wildman–Crippen MR) is 101 cm³/mol. The lowest BCUT2D eigenvalue weighted by molar-refractivity contribution is 0.0939. The number of carbonyl (C=O) groups is 1. The molecule has 0 aromatic heterocycles. The molecule has 0 aliphatic carbocycles. The highest BCUT2D eigenvalue weighted by molar-refractivity contribution is 7.92. The van der Waals surface area contributed by atoms with Crippen molar-refractivity contribution in [3.63, 3.8) is 0 Å². The van der Waals surface area contributed by atoms with Crippen LogP contribution in [-0.2, 0) is 10.0 Å². The number of hydrogen-bond acceptors (Lipinski definition) is 3. The van der Waals surface area contributed by atoms with Gasteiger partial charge in [0.1, 0.15) is 0 Å². The topological polar surface area (TPSA) is 75.3 Å². The number of carbonyl (C=O) groups excluding carboxylic acids is 1. The maximum absolute atomic E-state index is 12.6. The van der Waals surface area contributed by atoms with Crippen LogP contribution >= 0.6 is 0 Å². The van der Waals surface area contributed by atoms with Crippen molar-refractivity contribution in [1.29, 1.82) is 0 Å². The van der Waals surface area contributed by atoms with Crippen LogP contribution in [-0.4, -0.2) is 20.6 Å². The van der Waals surface area contributed by atoms with E-state index in [9.17, 15) is 13.2 Å². The highest BCUT2D eigenvalue weighted by Gasteiger charge is 2.16. The predicted octanol–water partition coefficient (Wildman–Crippen LogP) is 3.47. The van der Waals surface area contributed by atoms with Crippen molar-refractivity contribution in [3.8, 4) is 0 Å². The van der Waals surface area contributed by atoms with Gasteiger partial charge in [-0.3, -0.25) is 9.52 Å². The van der Waals surface area contributed by atoms with Crippen LogP contribution < -0.4 is 10.0 Å². The number of anilines is 1. The molecule has 134 valence electrons. The van der Waals surface area contributed by atoms with E-state index < -0.39 is 10.0 Å². The Morgan fingerprint density at radius 2 is 1.72 bits per heavy atom. The molecule has 1 atom stereocenters. The molecule has 2 aromatic carbocycles. The largest absolute Gasteiger partial charge is 0.346 e. The molecule has 1 amide bonds. The van der Waals surface area contributed by atoms with E-state index in [2.05, 4.69) is 16.1 Å². The number of nitrogens with one attached hydrogen (secondary N) is 2. The first-order chi connectivity index (χ1) is 11.6. The molecule has 0 saturated carbocycles. The average molecular weight is 360 g/mol. The van der Waals surface area contributed by atoms with Gasteiger partial charge in [-0.05, 0) is 62.1 Å². The SMILES string of the molecule is Cc1ccc([C@H](C)NC(=O)c2cccc(NS(C)(=O)=O)c2C)cc1C. The zero-order chi connectivity index (χ0) is 18.8. The highest BCUT2D eigenvalue weighted by atomic mass is 32.2. The fourth-order valence-corrected chi connectivity index (χ4v) is 3.20. The number of benzene rings is 2. The standard InChI is InChI=1S/C19H24N2O3S/c1-12-9-10-16(11-13(12)2)15(4)20-19(22)17-7-6-8-18(14(17)3)21-25(5,23)24/h6-11,15,21H,1-5H3,(H,20,22)/t15-/m0/s1. The fraction of sp³-hybridized carbons (Fsp3) is 0.316. The molecule has 2 rings (SSSR count).